The van der Waals surface area contributed by atoms with Gasteiger partial charge in [0.25, 0.3) is 0 Å². The van der Waals surface area contributed by atoms with Crippen molar-refractivity contribution in [1.82, 2.24) is 15.5 Å². The van der Waals surface area contributed by atoms with Crippen LogP contribution >= 0.6 is 0 Å². The first-order chi connectivity index (χ1) is 14.6. The van der Waals surface area contributed by atoms with E-state index in [0.717, 1.165) is 6.42 Å². The lowest BCUT2D eigenvalue weighted by Crippen LogP contribution is -2.48. The largest absolute Gasteiger partial charge is 0.338 e. The van der Waals surface area contributed by atoms with Gasteiger partial charge in [-0.3, -0.25) is 0 Å². The Labute approximate surface area is 181 Å². The Balaban J connectivity index is 1.69. The van der Waals surface area contributed by atoms with Crippen molar-refractivity contribution in [3.05, 3.63) is 71.8 Å². The molecule has 2 unspecified atom stereocenters. The van der Waals surface area contributed by atoms with Crippen LogP contribution in [-0.2, 0) is 5.41 Å². The minimum absolute atomic E-state index is 0.0859. The molecule has 2 N–H and O–H groups in total. The van der Waals surface area contributed by atoms with Crippen molar-refractivity contribution in [2.45, 2.75) is 56.5 Å². The summed E-state index contributed by atoms with van der Waals surface area (Å²) in [6, 6.07) is 22.9. The molecule has 2 aliphatic heterocycles. The monoisotopic (exact) mass is 405 g/mol. The summed E-state index contributed by atoms with van der Waals surface area (Å²) in [5.41, 5.74) is 2.35. The van der Waals surface area contributed by atoms with Crippen molar-refractivity contribution < 1.29 is 4.79 Å². The average Bonchev–Trinajstić information content (AvgIpc) is 2.98. The Hall–Kier alpha value is -2.33. The number of amides is 2. The van der Waals surface area contributed by atoms with E-state index >= 15 is 0 Å². The molecule has 2 atom stereocenters. The summed E-state index contributed by atoms with van der Waals surface area (Å²) in [7, 11) is 2.30. The molecule has 0 spiro atoms. The highest BCUT2D eigenvalue weighted by molar-refractivity contribution is 5.74. The summed E-state index contributed by atoms with van der Waals surface area (Å²) in [5, 5.41) is 6.10. The number of nitrogens with one attached hydrogen (secondary N) is 2. The Morgan fingerprint density at radius 3 is 1.97 bits per heavy atom. The third-order valence-electron chi connectivity index (χ3n) is 7.37. The number of urea groups is 1. The Morgan fingerprint density at radius 1 is 0.933 bits per heavy atom. The summed E-state index contributed by atoms with van der Waals surface area (Å²) in [6.45, 7) is 3.19. The molecule has 0 aliphatic carbocycles. The number of fused-ring (bicyclic) bond motifs is 2. The fourth-order valence-electron chi connectivity index (χ4n) is 5.83. The van der Waals surface area contributed by atoms with Crippen LogP contribution in [0.3, 0.4) is 0 Å². The molecule has 4 heteroatoms. The molecule has 2 saturated heterocycles. The Kier molecular flexibility index (Phi) is 6.43. The Morgan fingerprint density at radius 2 is 1.47 bits per heavy atom. The minimum atomic E-state index is -0.229. The lowest BCUT2D eigenvalue weighted by Gasteiger charge is -2.43. The second-order valence-electron chi connectivity index (χ2n) is 9.12. The van der Waals surface area contributed by atoms with E-state index in [4.69, 9.17) is 0 Å². The highest BCUT2D eigenvalue weighted by atomic mass is 16.2. The maximum Gasteiger partial charge on any atom is 0.314 e. The molecular formula is C26H35N3O. The van der Waals surface area contributed by atoms with E-state index in [0.29, 0.717) is 31.1 Å². The fraction of sp³-hybridized carbons (Fsp3) is 0.500. The van der Waals surface area contributed by atoms with E-state index in [1.807, 2.05) is 6.92 Å². The first-order valence-corrected chi connectivity index (χ1v) is 11.5. The van der Waals surface area contributed by atoms with Gasteiger partial charge in [0.2, 0.25) is 0 Å². The van der Waals surface area contributed by atoms with Gasteiger partial charge >= 0.3 is 6.03 Å². The molecule has 2 aromatic rings. The van der Waals surface area contributed by atoms with Gasteiger partial charge in [-0.25, -0.2) is 4.79 Å². The summed E-state index contributed by atoms with van der Waals surface area (Å²) in [6.07, 6.45) is 6.25. The van der Waals surface area contributed by atoms with Gasteiger partial charge in [-0.05, 0) is 63.1 Å². The highest BCUT2D eigenvalue weighted by Crippen LogP contribution is 2.45. The second-order valence-corrected chi connectivity index (χ2v) is 9.12. The molecule has 2 bridgehead atoms. The van der Waals surface area contributed by atoms with E-state index in [-0.39, 0.29) is 11.4 Å². The van der Waals surface area contributed by atoms with E-state index in [9.17, 15) is 4.79 Å². The van der Waals surface area contributed by atoms with Crippen molar-refractivity contribution in [1.29, 1.82) is 0 Å². The number of piperidine rings is 1. The van der Waals surface area contributed by atoms with Crippen LogP contribution in [0.5, 0.6) is 0 Å². The van der Waals surface area contributed by atoms with Crippen LogP contribution in [0.15, 0.2) is 60.7 Å². The number of benzene rings is 2. The topological polar surface area (TPSA) is 44.4 Å². The van der Waals surface area contributed by atoms with Crippen LogP contribution in [0.2, 0.25) is 0 Å². The molecule has 4 rings (SSSR count). The fourth-order valence-corrected chi connectivity index (χ4v) is 5.83. The van der Waals surface area contributed by atoms with Crippen molar-refractivity contribution in [3.8, 4) is 0 Å². The smallest absolute Gasteiger partial charge is 0.314 e. The zero-order chi connectivity index (χ0) is 21.0. The normalized spacial score (nSPS) is 23.9. The molecule has 2 heterocycles. The van der Waals surface area contributed by atoms with Crippen molar-refractivity contribution in [2.24, 2.45) is 5.92 Å². The van der Waals surface area contributed by atoms with Crippen LogP contribution in [0.25, 0.3) is 0 Å². The van der Waals surface area contributed by atoms with Gasteiger partial charge in [-0.1, -0.05) is 60.7 Å². The molecule has 2 fully saturated rings. The summed E-state index contributed by atoms with van der Waals surface area (Å²) in [5.74, 6) is 0.662. The molecule has 0 radical (unpaired) electrons. The van der Waals surface area contributed by atoms with Crippen LogP contribution < -0.4 is 10.6 Å². The number of hydrogen-bond donors (Lipinski definition) is 2. The van der Waals surface area contributed by atoms with Gasteiger partial charge in [-0.15, -0.1) is 0 Å². The standard InChI is InChI=1S/C26H35N3O/c1-3-27-25(30)28-19-26(21-10-6-4-7-11-21,22-12-8-5-9-13-22)18-20-16-23-14-15-24(17-20)29(23)2/h4-13,20,23-24H,3,14-19H2,1-2H3,(H2,27,28,30). The molecule has 2 amide bonds. The van der Waals surface area contributed by atoms with Crippen molar-refractivity contribution in [2.75, 3.05) is 20.1 Å². The molecule has 2 aliphatic rings. The average molecular weight is 406 g/mol. The van der Waals surface area contributed by atoms with Crippen LogP contribution in [0.1, 0.15) is 50.2 Å². The number of hydrogen-bond acceptors (Lipinski definition) is 2. The maximum atomic E-state index is 12.4. The van der Waals surface area contributed by atoms with Gasteiger partial charge in [0, 0.05) is 30.6 Å². The zero-order valence-electron chi connectivity index (χ0n) is 18.3. The Bertz CT molecular complexity index is 769. The molecule has 2 aromatic carbocycles. The molecule has 30 heavy (non-hydrogen) atoms. The molecule has 0 aromatic heterocycles. The first kappa shape index (κ1) is 20.9. The number of carbonyl (C=O) groups is 1. The van der Waals surface area contributed by atoms with Gasteiger partial charge in [0.05, 0.1) is 0 Å². The second kappa shape index (κ2) is 9.22. The van der Waals surface area contributed by atoms with E-state index < -0.39 is 0 Å². The van der Waals surface area contributed by atoms with Crippen molar-refractivity contribution in [3.63, 3.8) is 0 Å². The number of carbonyl (C=O) groups excluding carboxylic acids is 1. The van der Waals surface area contributed by atoms with Crippen LogP contribution in [-0.4, -0.2) is 43.2 Å². The van der Waals surface area contributed by atoms with Gasteiger partial charge < -0.3 is 15.5 Å². The van der Waals surface area contributed by atoms with Gasteiger partial charge in [0.15, 0.2) is 0 Å². The van der Waals surface area contributed by atoms with Crippen LogP contribution in [0.4, 0.5) is 4.79 Å². The lowest BCUT2D eigenvalue weighted by atomic mass is 9.67. The molecule has 0 saturated carbocycles. The third-order valence-corrected chi connectivity index (χ3v) is 7.37. The molecular weight excluding hydrogens is 370 g/mol. The summed E-state index contributed by atoms with van der Waals surface area (Å²) in [4.78, 5) is 15.0. The van der Waals surface area contributed by atoms with E-state index in [2.05, 4.69) is 83.2 Å². The summed E-state index contributed by atoms with van der Waals surface area (Å²) >= 11 is 0. The third kappa shape index (κ3) is 4.24. The predicted octanol–water partition coefficient (Wildman–Crippen LogP) is 4.55. The molecule has 160 valence electrons. The lowest BCUT2D eigenvalue weighted by molar-refractivity contribution is 0.118. The summed E-state index contributed by atoms with van der Waals surface area (Å²) < 4.78 is 0. The van der Waals surface area contributed by atoms with Gasteiger partial charge in [0.1, 0.15) is 0 Å². The van der Waals surface area contributed by atoms with E-state index in [1.165, 1.54) is 36.8 Å². The SMILES string of the molecule is CCNC(=O)NCC(CC1CC2CCC(C1)N2C)(c1ccccc1)c1ccccc1. The number of rotatable bonds is 7. The number of nitrogens with zero attached hydrogens (tertiary/aromatic N) is 1. The van der Waals surface area contributed by atoms with E-state index in [1.54, 1.807) is 0 Å². The molecule has 4 nitrogen and oxygen atoms in total. The first-order valence-electron chi connectivity index (χ1n) is 11.5. The predicted molar refractivity (Wildman–Crippen MR) is 123 cm³/mol. The van der Waals surface area contributed by atoms with Gasteiger partial charge in [-0.2, -0.15) is 0 Å². The minimum Gasteiger partial charge on any atom is -0.338 e. The highest BCUT2D eigenvalue weighted by Gasteiger charge is 2.43. The van der Waals surface area contributed by atoms with Crippen LogP contribution in [0, 0.1) is 5.92 Å². The quantitative estimate of drug-likeness (QED) is 0.709. The maximum absolute atomic E-state index is 12.4. The zero-order valence-corrected chi connectivity index (χ0v) is 18.3. The van der Waals surface area contributed by atoms with Crippen molar-refractivity contribution >= 4 is 6.03 Å².